The van der Waals surface area contributed by atoms with Gasteiger partial charge >= 0.3 is 0 Å². The highest BCUT2D eigenvalue weighted by atomic mass is 15.1. The monoisotopic (exact) mass is 343 g/mol. The first-order valence-electron chi connectivity index (χ1n) is 10.8. The molecule has 0 saturated carbocycles. The molecule has 0 fully saturated rings. The zero-order valence-corrected chi connectivity index (χ0v) is 16.4. The minimum absolute atomic E-state index is 1.14. The fourth-order valence-electron chi connectivity index (χ4n) is 3.58. The molecule has 25 heavy (non-hydrogen) atoms. The van der Waals surface area contributed by atoms with E-state index in [-0.39, 0.29) is 0 Å². The number of hydrogen-bond acceptors (Lipinski definition) is 1. The summed E-state index contributed by atoms with van der Waals surface area (Å²) < 4.78 is 2.41. The molecule has 1 aromatic rings. The third-order valence-electron chi connectivity index (χ3n) is 5.40. The van der Waals surface area contributed by atoms with Gasteiger partial charge in [-0.15, -0.1) is 0 Å². The smallest absolute Gasteiger partial charge is 0.232 e. The fraction of sp³-hybridized carbons (Fsp3) is 0.696. The lowest BCUT2D eigenvalue weighted by Gasteiger charge is -2.16. The fourth-order valence-corrected chi connectivity index (χ4v) is 3.58. The number of unbranched alkanes of at least 4 members (excludes halogenated alkanes) is 9. The van der Waals surface area contributed by atoms with Gasteiger partial charge in [0.25, 0.3) is 0 Å². The molecule has 0 saturated heterocycles. The zero-order valence-electron chi connectivity index (χ0n) is 16.4. The summed E-state index contributed by atoms with van der Waals surface area (Å²) >= 11 is 0. The van der Waals surface area contributed by atoms with Crippen LogP contribution in [0.1, 0.15) is 82.3 Å². The van der Waals surface area contributed by atoms with Crippen LogP contribution in [0.3, 0.4) is 0 Å². The molecular formula is C23H39N2+. The Morgan fingerprint density at radius 3 is 1.80 bits per heavy atom. The zero-order chi connectivity index (χ0) is 17.6. The highest BCUT2D eigenvalue weighted by Gasteiger charge is 2.09. The molecule has 0 aromatic heterocycles. The summed E-state index contributed by atoms with van der Waals surface area (Å²) in [6.45, 7) is 5.88. The maximum atomic E-state index is 3.26. The lowest BCUT2D eigenvalue weighted by atomic mass is 9.89. The van der Waals surface area contributed by atoms with Crippen LogP contribution in [0.15, 0.2) is 24.3 Å². The predicted molar refractivity (Wildman–Crippen MR) is 110 cm³/mol. The van der Waals surface area contributed by atoms with Crippen LogP contribution >= 0.6 is 0 Å². The SMILES string of the molecule is CCCCCCCCCCCC[N+]1=CNCC1.c1ccc2c(c1)CC2. The van der Waals surface area contributed by atoms with Gasteiger partial charge in [0.1, 0.15) is 13.1 Å². The summed E-state index contributed by atoms with van der Waals surface area (Å²) in [4.78, 5) is 0. The third-order valence-corrected chi connectivity index (χ3v) is 5.40. The van der Waals surface area contributed by atoms with Gasteiger partial charge in [-0.2, -0.15) is 0 Å². The number of nitrogens with one attached hydrogen (secondary N) is 1. The van der Waals surface area contributed by atoms with Crippen molar-refractivity contribution in [3.8, 4) is 0 Å². The predicted octanol–water partition coefficient (Wildman–Crippen LogP) is 5.34. The molecule has 0 atom stereocenters. The Labute approximate surface area is 155 Å². The Morgan fingerprint density at radius 1 is 0.800 bits per heavy atom. The van der Waals surface area contributed by atoms with Gasteiger partial charge in [0.05, 0.1) is 6.54 Å². The molecule has 3 rings (SSSR count). The van der Waals surface area contributed by atoms with E-state index in [4.69, 9.17) is 0 Å². The molecule has 2 heteroatoms. The van der Waals surface area contributed by atoms with Gasteiger partial charge in [-0.3, -0.25) is 9.89 Å². The van der Waals surface area contributed by atoms with Crippen molar-refractivity contribution in [2.45, 2.75) is 84.0 Å². The third kappa shape index (κ3) is 8.56. The molecule has 1 aliphatic heterocycles. The molecule has 0 spiro atoms. The van der Waals surface area contributed by atoms with E-state index in [1.165, 1.54) is 90.1 Å². The van der Waals surface area contributed by atoms with Gasteiger partial charge in [0.2, 0.25) is 6.34 Å². The summed E-state index contributed by atoms with van der Waals surface area (Å²) in [5.41, 5.74) is 3.10. The van der Waals surface area contributed by atoms with Crippen LogP contribution in [-0.2, 0) is 12.8 Å². The van der Waals surface area contributed by atoms with Crippen molar-refractivity contribution in [1.29, 1.82) is 0 Å². The van der Waals surface area contributed by atoms with E-state index in [1.54, 1.807) is 11.1 Å². The first kappa shape index (κ1) is 20.0. The largest absolute Gasteiger partial charge is 0.277 e. The van der Waals surface area contributed by atoms with E-state index in [9.17, 15) is 0 Å². The Morgan fingerprint density at radius 2 is 1.36 bits per heavy atom. The molecule has 0 unspecified atom stereocenters. The van der Waals surface area contributed by atoms with Gasteiger partial charge in [0, 0.05) is 0 Å². The summed E-state index contributed by atoms with van der Waals surface area (Å²) in [5, 5.41) is 3.26. The maximum absolute atomic E-state index is 3.26. The summed E-state index contributed by atoms with van der Waals surface area (Å²) in [6.07, 6.45) is 19.1. The quantitative estimate of drug-likeness (QED) is 0.423. The van der Waals surface area contributed by atoms with Crippen molar-refractivity contribution in [1.82, 2.24) is 5.32 Å². The highest BCUT2D eigenvalue weighted by Crippen LogP contribution is 2.20. The van der Waals surface area contributed by atoms with Crippen molar-refractivity contribution in [3.63, 3.8) is 0 Å². The second-order valence-electron chi connectivity index (χ2n) is 7.57. The van der Waals surface area contributed by atoms with Crippen molar-refractivity contribution >= 4 is 6.34 Å². The van der Waals surface area contributed by atoms with Crippen LogP contribution in [0.5, 0.6) is 0 Å². The van der Waals surface area contributed by atoms with Crippen molar-refractivity contribution in [2.75, 3.05) is 19.6 Å². The number of rotatable bonds is 11. The second kappa shape index (κ2) is 13.0. The normalized spacial score (nSPS) is 14.7. The number of aryl methyl sites for hydroxylation is 2. The van der Waals surface area contributed by atoms with Crippen LogP contribution in [0.25, 0.3) is 0 Å². The molecule has 2 nitrogen and oxygen atoms in total. The minimum Gasteiger partial charge on any atom is -0.277 e. The standard InChI is InChI=1S/C15H30N2.C8H8/c1-2-3-4-5-6-7-8-9-10-11-13-17-14-12-16-15-17;1-2-4-8-6-5-7(8)3-1/h15H,2-14H2,1H3;1-4H,5-6H2/p+1. The van der Waals surface area contributed by atoms with E-state index < -0.39 is 0 Å². The summed E-state index contributed by atoms with van der Waals surface area (Å²) in [5.74, 6) is 0. The van der Waals surface area contributed by atoms with Gasteiger partial charge in [-0.1, -0.05) is 82.6 Å². The Hall–Kier alpha value is -1.31. The molecule has 1 N–H and O–H groups in total. The molecule has 1 heterocycles. The average Bonchev–Trinajstić information content (AvgIpc) is 3.12. The van der Waals surface area contributed by atoms with Gasteiger partial charge in [-0.25, -0.2) is 0 Å². The highest BCUT2D eigenvalue weighted by molar-refractivity contribution is 5.49. The second-order valence-corrected chi connectivity index (χ2v) is 7.57. The molecule has 0 amide bonds. The van der Waals surface area contributed by atoms with Gasteiger partial charge < -0.3 is 0 Å². The van der Waals surface area contributed by atoms with Crippen LogP contribution in [0.2, 0.25) is 0 Å². The van der Waals surface area contributed by atoms with E-state index >= 15 is 0 Å². The van der Waals surface area contributed by atoms with Crippen molar-refractivity contribution in [3.05, 3.63) is 35.4 Å². The number of hydrogen-bond donors (Lipinski definition) is 1. The number of nitrogens with zero attached hydrogens (tertiary/aromatic N) is 1. The first-order chi connectivity index (χ1) is 12.4. The topological polar surface area (TPSA) is 15.0 Å². The minimum atomic E-state index is 1.14. The van der Waals surface area contributed by atoms with E-state index in [0.717, 1.165) is 6.54 Å². The molecule has 0 radical (unpaired) electrons. The molecule has 140 valence electrons. The molecule has 0 bridgehead atoms. The Bertz CT molecular complexity index is 470. The van der Waals surface area contributed by atoms with Gasteiger partial charge in [-0.05, 0) is 36.8 Å². The summed E-state index contributed by atoms with van der Waals surface area (Å²) in [7, 11) is 0. The number of benzene rings is 1. The Kier molecular flexibility index (Phi) is 10.4. The van der Waals surface area contributed by atoms with Crippen LogP contribution < -0.4 is 5.32 Å². The van der Waals surface area contributed by atoms with E-state index in [2.05, 4.69) is 47.4 Å². The average molecular weight is 344 g/mol. The van der Waals surface area contributed by atoms with E-state index in [0.29, 0.717) is 0 Å². The van der Waals surface area contributed by atoms with Crippen molar-refractivity contribution < 1.29 is 4.58 Å². The molecular weight excluding hydrogens is 304 g/mol. The number of fused-ring (bicyclic) bond motifs is 1. The van der Waals surface area contributed by atoms with Crippen LogP contribution in [-0.4, -0.2) is 30.5 Å². The van der Waals surface area contributed by atoms with Crippen molar-refractivity contribution in [2.24, 2.45) is 0 Å². The summed E-state index contributed by atoms with van der Waals surface area (Å²) in [6, 6.07) is 8.63. The Balaban J connectivity index is 0.000000230. The van der Waals surface area contributed by atoms with Crippen LogP contribution in [0.4, 0.5) is 0 Å². The van der Waals surface area contributed by atoms with Gasteiger partial charge in [0.15, 0.2) is 0 Å². The molecule has 2 aliphatic rings. The first-order valence-corrected chi connectivity index (χ1v) is 10.8. The molecule has 1 aliphatic carbocycles. The van der Waals surface area contributed by atoms with E-state index in [1.807, 2.05) is 0 Å². The lowest BCUT2D eigenvalue weighted by Crippen LogP contribution is -2.11. The maximum Gasteiger partial charge on any atom is 0.232 e. The van der Waals surface area contributed by atoms with Crippen LogP contribution in [0, 0.1) is 0 Å². The molecule has 1 aromatic carbocycles. The lowest BCUT2D eigenvalue weighted by molar-refractivity contribution is -0.514.